The summed E-state index contributed by atoms with van der Waals surface area (Å²) < 4.78 is 6.05. The Bertz CT molecular complexity index is 366. The zero-order chi connectivity index (χ0) is 18.3. The Labute approximate surface area is 154 Å². The van der Waals surface area contributed by atoms with E-state index >= 15 is 0 Å². The molecule has 0 N–H and O–H groups in total. The highest BCUT2D eigenvalue weighted by Crippen LogP contribution is 2.43. The molecule has 24 heavy (non-hydrogen) atoms. The van der Waals surface area contributed by atoms with E-state index in [0.717, 1.165) is 29.3 Å². The molecule has 2 aliphatic rings. The largest absolute Gasteiger partial charge is 0.319 e. The standard InChI is InChI=1S/C20H44N2Si2/c1-16-12-10-13-17(2)21(16)23(6,7)20(5)24(8,9)22-18(3)14-11-15-19(22)4/h16-20H,10-15H2,1-9H3. The number of piperidine rings is 2. The number of hydrogen-bond donors (Lipinski definition) is 0. The predicted molar refractivity (Wildman–Crippen MR) is 114 cm³/mol. The van der Waals surface area contributed by atoms with Gasteiger partial charge >= 0.3 is 0 Å². The third-order valence-corrected chi connectivity index (χ3v) is 20.7. The van der Waals surface area contributed by atoms with Crippen molar-refractivity contribution in [3.8, 4) is 0 Å². The molecule has 0 amide bonds. The predicted octanol–water partition coefficient (Wildman–Crippen LogP) is 5.85. The summed E-state index contributed by atoms with van der Waals surface area (Å²) in [5.41, 5.74) is 0. The summed E-state index contributed by atoms with van der Waals surface area (Å²) in [6.07, 6.45) is 8.49. The molecule has 0 bridgehead atoms. The molecule has 2 nitrogen and oxygen atoms in total. The molecule has 4 atom stereocenters. The fraction of sp³-hybridized carbons (Fsp3) is 1.00. The number of hydrogen-bond acceptors (Lipinski definition) is 2. The molecule has 2 heterocycles. The average Bonchev–Trinajstić information content (AvgIpc) is 2.45. The van der Waals surface area contributed by atoms with Crippen molar-refractivity contribution < 1.29 is 0 Å². The van der Waals surface area contributed by atoms with Gasteiger partial charge in [0.1, 0.15) is 16.5 Å². The van der Waals surface area contributed by atoms with Gasteiger partial charge in [0.15, 0.2) is 0 Å². The fourth-order valence-corrected chi connectivity index (χ4v) is 20.2. The minimum absolute atomic E-state index is 0.791. The molecule has 4 unspecified atom stereocenters. The Kier molecular flexibility index (Phi) is 6.49. The Hall–Kier alpha value is 0.354. The van der Waals surface area contributed by atoms with E-state index in [1.807, 2.05) is 0 Å². The van der Waals surface area contributed by atoms with Crippen LogP contribution in [0.5, 0.6) is 0 Å². The van der Waals surface area contributed by atoms with E-state index in [0.29, 0.717) is 0 Å². The van der Waals surface area contributed by atoms with Gasteiger partial charge in [-0.3, -0.25) is 0 Å². The van der Waals surface area contributed by atoms with Crippen LogP contribution in [-0.2, 0) is 0 Å². The molecule has 0 aromatic heterocycles. The van der Waals surface area contributed by atoms with Crippen LogP contribution in [0.15, 0.2) is 0 Å². The molecule has 0 aromatic rings. The van der Waals surface area contributed by atoms with Crippen LogP contribution in [0.1, 0.15) is 73.1 Å². The summed E-state index contributed by atoms with van der Waals surface area (Å²) in [4.78, 5) is 0. The SMILES string of the molecule is CC1CCCC(C)N1[Si](C)(C)C(C)[Si](C)(C)N1C(C)CCCC1C. The Morgan fingerprint density at radius 3 is 1.12 bits per heavy atom. The van der Waals surface area contributed by atoms with Gasteiger partial charge < -0.3 is 9.13 Å². The Morgan fingerprint density at radius 1 is 0.625 bits per heavy atom. The molecule has 2 rings (SSSR count). The summed E-state index contributed by atoms with van der Waals surface area (Å²) in [5, 5.41) is 0.899. The van der Waals surface area contributed by atoms with Crippen molar-refractivity contribution in [1.82, 2.24) is 9.13 Å². The van der Waals surface area contributed by atoms with Gasteiger partial charge in [-0.25, -0.2) is 0 Å². The number of rotatable bonds is 4. The first-order valence-electron chi connectivity index (χ1n) is 10.6. The molecular weight excluding hydrogens is 324 g/mol. The summed E-state index contributed by atoms with van der Waals surface area (Å²) in [5.74, 6) is 0. The highest BCUT2D eigenvalue weighted by Gasteiger charge is 2.51. The second-order valence-electron chi connectivity index (χ2n) is 10.1. The lowest BCUT2D eigenvalue weighted by Crippen LogP contribution is -2.69. The van der Waals surface area contributed by atoms with Gasteiger partial charge in [0.05, 0.1) is 0 Å². The van der Waals surface area contributed by atoms with E-state index in [9.17, 15) is 0 Å². The minimum Gasteiger partial charge on any atom is -0.319 e. The van der Waals surface area contributed by atoms with Crippen molar-refractivity contribution in [2.24, 2.45) is 0 Å². The summed E-state index contributed by atoms with van der Waals surface area (Å²) in [7, 11) is -2.91. The van der Waals surface area contributed by atoms with Gasteiger partial charge in [0.25, 0.3) is 0 Å². The monoisotopic (exact) mass is 368 g/mol. The van der Waals surface area contributed by atoms with Gasteiger partial charge in [-0.05, 0) is 30.8 Å². The number of nitrogens with zero attached hydrogens (tertiary/aromatic N) is 2. The smallest absolute Gasteiger partial charge is 0.124 e. The summed E-state index contributed by atoms with van der Waals surface area (Å²) in [6, 6.07) is 3.16. The second-order valence-corrected chi connectivity index (χ2v) is 20.1. The lowest BCUT2D eigenvalue weighted by Gasteiger charge is -2.58. The van der Waals surface area contributed by atoms with Gasteiger partial charge in [0, 0.05) is 24.2 Å². The zero-order valence-corrected chi connectivity index (χ0v) is 20.0. The first-order valence-corrected chi connectivity index (χ1v) is 16.6. The van der Waals surface area contributed by atoms with Gasteiger partial charge in [0.2, 0.25) is 0 Å². The third-order valence-electron chi connectivity index (χ3n) is 7.84. The lowest BCUT2D eigenvalue weighted by molar-refractivity contribution is 0.183. The van der Waals surface area contributed by atoms with E-state index in [1.54, 1.807) is 0 Å². The molecule has 0 radical (unpaired) electrons. The van der Waals surface area contributed by atoms with Crippen LogP contribution in [0.25, 0.3) is 0 Å². The first-order chi connectivity index (χ1) is 11.0. The first kappa shape index (κ1) is 20.7. The van der Waals surface area contributed by atoms with E-state index in [4.69, 9.17) is 0 Å². The fourth-order valence-electron chi connectivity index (χ4n) is 6.43. The normalized spacial score (nSPS) is 35.9. The lowest BCUT2D eigenvalue weighted by atomic mass is 10.0. The molecule has 0 aliphatic carbocycles. The quantitative estimate of drug-likeness (QED) is 0.574. The highest BCUT2D eigenvalue weighted by molar-refractivity contribution is 6.95. The molecule has 142 valence electrons. The third kappa shape index (κ3) is 3.72. The van der Waals surface area contributed by atoms with Crippen LogP contribution in [0.4, 0.5) is 0 Å². The Morgan fingerprint density at radius 2 is 0.875 bits per heavy atom. The second kappa shape index (κ2) is 7.54. The topological polar surface area (TPSA) is 6.48 Å². The van der Waals surface area contributed by atoms with E-state index in [-0.39, 0.29) is 0 Å². The van der Waals surface area contributed by atoms with Crippen LogP contribution >= 0.6 is 0 Å². The van der Waals surface area contributed by atoms with Crippen LogP contribution in [0.3, 0.4) is 0 Å². The van der Waals surface area contributed by atoms with Crippen LogP contribution in [-0.4, -0.2) is 49.8 Å². The zero-order valence-electron chi connectivity index (χ0n) is 18.0. The van der Waals surface area contributed by atoms with E-state index in [1.165, 1.54) is 38.5 Å². The average molecular weight is 369 g/mol. The molecule has 2 saturated heterocycles. The summed E-state index contributed by atoms with van der Waals surface area (Å²) in [6.45, 7) is 23.4. The van der Waals surface area contributed by atoms with Crippen molar-refractivity contribution in [2.45, 2.75) is 129 Å². The van der Waals surface area contributed by atoms with E-state index in [2.05, 4.69) is 69.9 Å². The maximum Gasteiger partial charge on any atom is 0.124 e. The summed E-state index contributed by atoms with van der Waals surface area (Å²) >= 11 is 0. The van der Waals surface area contributed by atoms with Crippen LogP contribution in [0.2, 0.25) is 31.4 Å². The molecular formula is C20H44N2Si2. The van der Waals surface area contributed by atoms with Crippen LogP contribution < -0.4 is 0 Å². The van der Waals surface area contributed by atoms with Crippen molar-refractivity contribution in [3.63, 3.8) is 0 Å². The van der Waals surface area contributed by atoms with Crippen molar-refractivity contribution >= 4 is 16.5 Å². The van der Waals surface area contributed by atoms with E-state index < -0.39 is 16.5 Å². The highest BCUT2D eigenvalue weighted by atomic mass is 28.4. The molecule has 2 fully saturated rings. The van der Waals surface area contributed by atoms with Gasteiger partial charge in [-0.15, -0.1) is 0 Å². The Balaban J connectivity index is 2.27. The maximum absolute atomic E-state index is 3.02. The molecule has 0 aromatic carbocycles. The molecule has 0 spiro atoms. The molecule has 0 saturated carbocycles. The van der Waals surface area contributed by atoms with Gasteiger partial charge in [-0.1, -0.05) is 73.6 Å². The minimum atomic E-state index is -1.46. The maximum atomic E-state index is 3.02. The van der Waals surface area contributed by atoms with Crippen molar-refractivity contribution in [1.29, 1.82) is 0 Å². The van der Waals surface area contributed by atoms with Crippen LogP contribution in [0, 0.1) is 0 Å². The molecule has 4 heteroatoms. The van der Waals surface area contributed by atoms with Gasteiger partial charge in [-0.2, -0.15) is 0 Å². The molecule has 2 aliphatic heterocycles. The van der Waals surface area contributed by atoms with Crippen molar-refractivity contribution in [2.75, 3.05) is 0 Å². The van der Waals surface area contributed by atoms with Crippen molar-refractivity contribution in [3.05, 3.63) is 0 Å².